The molecule has 31 heavy (non-hydrogen) atoms. The van der Waals surface area contributed by atoms with Gasteiger partial charge in [-0.25, -0.2) is 12.8 Å². The van der Waals surface area contributed by atoms with E-state index in [1.165, 1.54) is 40.7 Å². The van der Waals surface area contributed by atoms with Crippen LogP contribution in [-0.4, -0.2) is 51.0 Å². The standard InChI is InChI=1S/C22H27FN2O5S/c1-2-21(30-19-7-5-17(23)6-8-19)22(26)24-13-16-29-18-9-11-20(12-10-18)31(27,28)25-14-3-4-15-25/h5-12,21H,2-4,13-16H2,1H3,(H,24,26)/t21-/m0/s1. The zero-order chi connectivity index (χ0) is 22.3. The number of carbonyl (C=O) groups is 1. The molecule has 0 bridgehead atoms. The third-order valence-corrected chi connectivity index (χ3v) is 6.86. The van der Waals surface area contributed by atoms with Gasteiger partial charge in [-0.2, -0.15) is 4.31 Å². The predicted molar refractivity (Wildman–Crippen MR) is 114 cm³/mol. The van der Waals surface area contributed by atoms with Crippen LogP contribution in [0.3, 0.4) is 0 Å². The molecular weight excluding hydrogens is 423 g/mol. The van der Waals surface area contributed by atoms with E-state index in [0.29, 0.717) is 31.0 Å². The molecule has 168 valence electrons. The molecule has 0 aliphatic carbocycles. The minimum absolute atomic E-state index is 0.219. The van der Waals surface area contributed by atoms with E-state index in [1.54, 1.807) is 12.1 Å². The number of halogens is 1. The van der Waals surface area contributed by atoms with Gasteiger partial charge in [0, 0.05) is 13.1 Å². The van der Waals surface area contributed by atoms with Crippen LogP contribution in [0.4, 0.5) is 4.39 Å². The molecule has 9 heteroatoms. The van der Waals surface area contributed by atoms with Crippen molar-refractivity contribution in [2.24, 2.45) is 0 Å². The van der Waals surface area contributed by atoms with Gasteiger partial charge in [-0.05, 0) is 67.8 Å². The summed E-state index contributed by atoms with van der Waals surface area (Å²) in [5.74, 6) is 0.277. The Morgan fingerprint density at radius 1 is 1.06 bits per heavy atom. The maximum absolute atomic E-state index is 13.0. The summed E-state index contributed by atoms with van der Waals surface area (Å²) in [6.07, 6.45) is 1.54. The number of amides is 1. The molecule has 7 nitrogen and oxygen atoms in total. The first-order valence-corrected chi connectivity index (χ1v) is 11.8. The largest absolute Gasteiger partial charge is 0.492 e. The van der Waals surface area contributed by atoms with Crippen molar-refractivity contribution in [2.75, 3.05) is 26.2 Å². The van der Waals surface area contributed by atoms with Crippen LogP contribution in [0.25, 0.3) is 0 Å². The number of nitrogens with one attached hydrogen (secondary N) is 1. The number of hydrogen-bond acceptors (Lipinski definition) is 5. The number of ether oxygens (including phenoxy) is 2. The maximum Gasteiger partial charge on any atom is 0.261 e. The second kappa shape index (κ2) is 10.6. The Kier molecular flexibility index (Phi) is 7.86. The molecule has 1 N–H and O–H groups in total. The SMILES string of the molecule is CC[C@H](Oc1ccc(F)cc1)C(=O)NCCOc1ccc(S(=O)(=O)N2CCCC2)cc1. The van der Waals surface area contributed by atoms with E-state index < -0.39 is 16.1 Å². The molecule has 0 spiro atoms. The molecule has 1 atom stereocenters. The average Bonchev–Trinajstić information content (AvgIpc) is 3.32. The topological polar surface area (TPSA) is 84.9 Å². The Hall–Kier alpha value is -2.65. The van der Waals surface area contributed by atoms with Crippen LogP contribution in [0.2, 0.25) is 0 Å². The Bertz CT molecular complexity index is 958. The normalized spacial score (nSPS) is 15.4. The molecule has 0 radical (unpaired) electrons. The van der Waals surface area contributed by atoms with Crippen molar-refractivity contribution >= 4 is 15.9 Å². The van der Waals surface area contributed by atoms with Gasteiger partial charge in [0.25, 0.3) is 5.91 Å². The molecule has 2 aromatic carbocycles. The number of benzene rings is 2. The molecule has 1 aliphatic rings. The Balaban J connectivity index is 1.44. The van der Waals surface area contributed by atoms with Gasteiger partial charge < -0.3 is 14.8 Å². The fourth-order valence-corrected chi connectivity index (χ4v) is 4.76. The fraction of sp³-hybridized carbons (Fsp3) is 0.409. The van der Waals surface area contributed by atoms with E-state index in [1.807, 2.05) is 6.92 Å². The Labute approximate surface area is 182 Å². The summed E-state index contributed by atoms with van der Waals surface area (Å²) in [6, 6.07) is 11.8. The van der Waals surface area contributed by atoms with Crippen LogP contribution in [-0.2, 0) is 14.8 Å². The number of rotatable bonds is 10. The summed E-state index contributed by atoms with van der Waals surface area (Å²) in [5, 5.41) is 2.74. The van der Waals surface area contributed by atoms with E-state index in [9.17, 15) is 17.6 Å². The van der Waals surface area contributed by atoms with Gasteiger partial charge in [0.2, 0.25) is 10.0 Å². The zero-order valence-electron chi connectivity index (χ0n) is 17.4. The molecule has 0 aromatic heterocycles. The fourth-order valence-electron chi connectivity index (χ4n) is 3.24. The van der Waals surface area contributed by atoms with E-state index in [-0.39, 0.29) is 29.8 Å². The minimum atomic E-state index is -3.45. The quantitative estimate of drug-likeness (QED) is 0.563. The van der Waals surface area contributed by atoms with Crippen LogP contribution in [0.1, 0.15) is 26.2 Å². The number of nitrogens with zero attached hydrogens (tertiary/aromatic N) is 1. The number of carbonyl (C=O) groups excluding carboxylic acids is 1. The molecule has 1 fully saturated rings. The Morgan fingerprint density at radius 2 is 1.68 bits per heavy atom. The lowest BCUT2D eigenvalue weighted by Crippen LogP contribution is -2.39. The maximum atomic E-state index is 13.0. The van der Waals surface area contributed by atoms with Gasteiger partial charge in [0.1, 0.15) is 23.9 Å². The molecule has 1 amide bonds. The van der Waals surface area contributed by atoms with E-state index in [2.05, 4.69) is 5.32 Å². The number of hydrogen-bond donors (Lipinski definition) is 1. The first kappa shape index (κ1) is 23.0. The summed E-state index contributed by atoms with van der Waals surface area (Å²) < 4.78 is 50.7. The van der Waals surface area contributed by atoms with Gasteiger partial charge in [0.15, 0.2) is 6.10 Å². The molecule has 1 saturated heterocycles. The van der Waals surface area contributed by atoms with Crippen molar-refractivity contribution in [1.82, 2.24) is 9.62 Å². The van der Waals surface area contributed by atoms with Crippen molar-refractivity contribution < 1.29 is 27.1 Å². The molecule has 1 heterocycles. The van der Waals surface area contributed by atoms with Crippen molar-refractivity contribution in [3.63, 3.8) is 0 Å². The zero-order valence-corrected chi connectivity index (χ0v) is 18.2. The Morgan fingerprint density at radius 3 is 2.29 bits per heavy atom. The van der Waals surface area contributed by atoms with Gasteiger partial charge in [-0.15, -0.1) is 0 Å². The van der Waals surface area contributed by atoms with E-state index in [0.717, 1.165) is 12.8 Å². The van der Waals surface area contributed by atoms with Crippen molar-refractivity contribution in [2.45, 2.75) is 37.2 Å². The van der Waals surface area contributed by atoms with Gasteiger partial charge >= 0.3 is 0 Å². The lowest BCUT2D eigenvalue weighted by molar-refractivity contribution is -0.128. The van der Waals surface area contributed by atoms with Gasteiger partial charge in [-0.3, -0.25) is 4.79 Å². The molecular formula is C22H27FN2O5S. The third-order valence-electron chi connectivity index (χ3n) is 4.95. The van der Waals surface area contributed by atoms with Crippen molar-refractivity contribution in [3.05, 3.63) is 54.3 Å². The molecule has 0 saturated carbocycles. The summed E-state index contributed by atoms with van der Waals surface area (Å²) in [4.78, 5) is 12.5. The summed E-state index contributed by atoms with van der Waals surface area (Å²) >= 11 is 0. The highest BCUT2D eigenvalue weighted by Crippen LogP contribution is 2.23. The second-order valence-electron chi connectivity index (χ2n) is 7.19. The molecule has 1 aliphatic heterocycles. The lowest BCUT2D eigenvalue weighted by Gasteiger charge is -2.17. The van der Waals surface area contributed by atoms with Crippen LogP contribution >= 0.6 is 0 Å². The summed E-state index contributed by atoms with van der Waals surface area (Å²) in [7, 11) is -3.45. The lowest BCUT2D eigenvalue weighted by atomic mass is 10.2. The highest BCUT2D eigenvalue weighted by Gasteiger charge is 2.27. The van der Waals surface area contributed by atoms with Crippen LogP contribution < -0.4 is 14.8 Å². The monoisotopic (exact) mass is 450 g/mol. The molecule has 3 rings (SSSR count). The summed E-state index contributed by atoms with van der Waals surface area (Å²) in [5.41, 5.74) is 0. The number of sulfonamides is 1. The minimum Gasteiger partial charge on any atom is -0.492 e. The first-order chi connectivity index (χ1) is 14.9. The smallest absolute Gasteiger partial charge is 0.261 e. The summed E-state index contributed by atoms with van der Waals surface area (Å²) in [6.45, 7) is 3.42. The average molecular weight is 451 g/mol. The van der Waals surface area contributed by atoms with E-state index >= 15 is 0 Å². The molecule has 2 aromatic rings. The molecule has 0 unspecified atom stereocenters. The predicted octanol–water partition coefficient (Wildman–Crippen LogP) is 2.96. The second-order valence-corrected chi connectivity index (χ2v) is 9.13. The van der Waals surface area contributed by atoms with Crippen molar-refractivity contribution in [3.8, 4) is 11.5 Å². The first-order valence-electron chi connectivity index (χ1n) is 10.3. The van der Waals surface area contributed by atoms with Gasteiger partial charge in [0.05, 0.1) is 11.4 Å². The third kappa shape index (κ3) is 6.18. The van der Waals surface area contributed by atoms with Crippen LogP contribution in [0.15, 0.2) is 53.4 Å². The van der Waals surface area contributed by atoms with Gasteiger partial charge in [-0.1, -0.05) is 6.92 Å². The highest BCUT2D eigenvalue weighted by atomic mass is 32.2. The van der Waals surface area contributed by atoms with Crippen LogP contribution in [0.5, 0.6) is 11.5 Å². The van der Waals surface area contributed by atoms with E-state index in [4.69, 9.17) is 9.47 Å². The highest BCUT2D eigenvalue weighted by molar-refractivity contribution is 7.89. The van der Waals surface area contributed by atoms with Crippen LogP contribution in [0, 0.1) is 5.82 Å². The van der Waals surface area contributed by atoms with Crippen molar-refractivity contribution in [1.29, 1.82) is 0 Å².